The predicted molar refractivity (Wildman–Crippen MR) is 118 cm³/mol. The predicted octanol–water partition coefficient (Wildman–Crippen LogP) is 4.63. The minimum atomic E-state index is -3.76. The molecule has 0 fully saturated rings. The molecule has 0 aliphatic rings. The Morgan fingerprint density at radius 2 is 1.61 bits per heavy atom. The van der Waals surface area contributed by atoms with E-state index < -0.39 is 10.0 Å². The van der Waals surface area contributed by atoms with Gasteiger partial charge in [-0.1, -0.05) is 54.1 Å². The van der Waals surface area contributed by atoms with Crippen molar-refractivity contribution in [3.63, 3.8) is 0 Å². The summed E-state index contributed by atoms with van der Waals surface area (Å²) in [6.45, 7) is 0.570. The van der Waals surface area contributed by atoms with E-state index in [1.807, 2.05) is 30.3 Å². The van der Waals surface area contributed by atoms with Gasteiger partial charge in [0.05, 0.1) is 10.6 Å². The molecule has 28 heavy (non-hydrogen) atoms. The van der Waals surface area contributed by atoms with Gasteiger partial charge in [0.25, 0.3) is 10.0 Å². The molecule has 0 saturated heterocycles. The van der Waals surface area contributed by atoms with Crippen LogP contribution >= 0.6 is 23.8 Å². The molecule has 0 radical (unpaired) electrons. The van der Waals surface area contributed by atoms with E-state index in [-0.39, 0.29) is 4.90 Å². The Balaban J connectivity index is 1.66. The lowest BCUT2D eigenvalue weighted by atomic mass is 10.2. The van der Waals surface area contributed by atoms with Crippen LogP contribution in [0.1, 0.15) is 5.56 Å². The third-order valence-corrected chi connectivity index (χ3v) is 5.64. The molecule has 3 aromatic rings. The van der Waals surface area contributed by atoms with Crippen LogP contribution in [0.5, 0.6) is 0 Å². The molecule has 0 bridgehead atoms. The van der Waals surface area contributed by atoms with E-state index in [0.29, 0.717) is 28.1 Å². The highest BCUT2D eigenvalue weighted by Crippen LogP contribution is 2.21. The molecule has 3 N–H and O–H groups in total. The number of nitrogens with one attached hydrogen (secondary N) is 3. The van der Waals surface area contributed by atoms with Gasteiger partial charge in [-0.15, -0.1) is 0 Å². The van der Waals surface area contributed by atoms with Gasteiger partial charge in [-0.05, 0) is 54.2 Å². The fourth-order valence-corrected chi connectivity index (χ4v) is 3.94. The molecule has 8 heteroatoms. The lowest BCUT2D eigenvalue weighted by Gasteiger charge is -2.13. The standard InChI is InChI=1S/C20H18ClN3O2S2/c21-16-8-4-10-18(12-16)24-28(25,26)19-11-5-9-17(13-19)23-20(27)22-14-15-6-2-1-3-7-15/h1-13,24H,14H2,(H2,22,23,27). The summed E-state index contributed by atoms with van der Waals surface area (Å²) in [6.07, 6.45) is 0. The van der Waals surface area contributed by atoms with Gasteiger partial charge in [0.15, 0.2) is 5.11 Å². The Labute approximate surface area is 174 Å². The molecular weight excluding hydrogens is 414 g/mol. The second kappa shape index (κ2) is 9.05. The van der Waals surface area contributed by atoms with Crippen molar-refractivity contribution in [3.05, 3.63) is 89.4 Å². The first-order valence-corrected chi connectivity index (χ1v) is 10.7. The number of thiocarbonyl (C=S) groups is 1. The number of sulfonamides is 1. The molecule has 0 amide bonds. The molecule has 3 aromatic carbocycles. The molecule has 144 valence electrons. The van der Waals surface area contributed by atoms with Crippen LogP contribution in [0.3, 0.4) is 0 Å². The zero-order valence-electron chi connectivity index (χ0n) is 14.7. The molecule has 0 saturated carbocycles. The van der Waals surface area contributed by atoms with Gasteiger partial charge in [0, 0.05) is 17.3 Å². The van der Waals surface area contributed by atoms with Crippen LogP contribution in [0.25, 0.3) is 0 Å². The van der Waals surface area contributed by atoms with Gasteiger partial charge < -0.3 is 10.6 Å². The van der Waals surface area contributed by atoms with E-state index in [1.165, 1.54) is 12.1 Å². The third-order valence-electron chi connectivity index (χ3n) is 3.77. The summed E-state index contributed by atoms with van der Waals surface area (Å²) in [5.41, 5.74) is 2.05. The van der Waals surface area contributed by atoms with Crippen molar-refractivity contribution in [1.82, 2.24) is 5.32 Å². The average Bonchev–Trinajstić information content (AvgIpc) is 2.67. The third kappa shape index (κ3) is 5.69. The second-order valence-electron chi connectivity index (χ2n) is 5.94. The van der Waals surface area contributed by atoms with Gasteiger partial charge in [-0.3, -0.25) is 4.72 Å². The summed E-state index contributed by atoms with van der Waals surface area (Å²) in [4.78, 5) is 0.114. The molecule has 3 rings (SSSR count). The fraction of sp³-hybridized carbons (Fsp3) is 0.0500. The summed E-state index contributed by atoms with van der Waals surface area (Å²) in [5.74, 6) is 0. The highest BCUT2D eigenvalue weighted by atomic mass is 35.5. The Morgan fingerprint density at radius 1 is 0.893 bits per heavy atom. The van der Waals surface area contributed by atoms with Crippen molar-refractivity contribution >= 4 is 50.3 Å². The zero-order valence-corrected chi connectivity index (χ0v) is 17.1. The van der Waals surface area contributed by atoms with Crippen LogP contribution in [0.15, 0.2) is 83.8 Å². The molecule has 0 aliphatic carbocycles. The van der Waals surface area contributed by atoms with E-state index in [1.54, 1.807) is 36.4 Å². The van der Waals surface area contributed by atoms with Gasteiger partial charge in [-0.2, -0.15) is 0 Å². The van der Waals surface area contributed by atoms with Crippen molar-refractivity contribution in [1.29, 1.82) is 0 Å². The quantitative estimate of drug-likeness (QED) is 0.496. The minimum absolute atomic E-state index is 0.114. The summed E-state index contributed by atoms with van der Waals surface area (Å²) in [6, 6.07) is 22.8. The summed E-state index contributed by atoms with van der Waals surface area (Å²) in [5, 5.41) is 6.95. The van der Waals surface area contributed by atoms with Crippen molar-refractivity contribution in [2.45, 2.75) is 11.4 Å². The zero-order chi connectivity index (χ0) is 20.0. The lowest BCUT2D eigenvalue weighted by Crippen LogP contribution is -2.28. The number of rotatable bonds is 6. The van der Waals surface area contributed by atoms with Crippen LogP contribution in [0.4, 0.5) is 11.4 Å². The van der Waals surface area contributed by atoms with E-state index in [4.69, 9.17) is 23.8 Å². The molecule has 0 aromatic heterocycles. The Bertz CT molecular complexity index is 1070. The maximum Gasteiger partial charge on any atom is 0.261 e. The number of anilines is 2. The summed E-state index contributed by atoms with van der Waals surface area (Å²) < 4.78 is 27.8. The van der Waals surface area contributed by atoms with Crippen LogP contribution in [-0.4, -0.2) is 13.5 Å². The molecule has 0 spiro atoms. The maximum absolute atomic E-state index is 12.6. The Morgan fingerprint density at radius 3 is 2.36 bits per heavy atom. The van der Waals surface area contributed by atoms with E-state index in [9.17, 15) is 8.42 Å². The monoisotopic (exact) mass is 431 g/mol. The average molecular weight is 432 g/mol. The van der Waals surface area contributed by atoms with Crippen molar-refractivity contribution in [3.8, 4) is 0 Å². The van der Waals surface area contributed by atoms with Crippen LogP contribution < -0.4 is 15.4 Å². The topological polar surface area (TPSA) is 70.2 Å². The van der Waals surface area contributed by atoms with E-state index in [0.717, 1.165) is 5.56 Å². The first-order chi connectivity index (χ1) is 13.4. The van der Waals surface area contributed by atoms with Gasteiger partial charge in [-0.25, -0.2) is 8.42 Å². The van der Waals surface area contributed by atoms with Gasteiger partial charge >= 0.3 is 0 Å². The molecular formula is C20H18ClN3O2S2. The van der Waals surface area contributed by atoms with Gasteiger partial charge in [0.1, 0.15) is 0 Å². The largest absolute Gasteiger partial charge is 0.358 e. The number of hydrogen-bond acceptors (Lipinski definition) is 3. The van der Waals surface area contributed by atoms with Gasteiger partial charge in [0.2, 0.25) is 0 Å². The molecule has 0 atom stereocenters. The van der Waals surface area contributed by atoms with Crippen molar-refractivity contribution < 1.29 is 8.42 Å². The number of halogens is 1. The number of hydrogen-bond donors (Lipinski definition) is 3. The normalized spacial score (nSPS) is 10.9. The van der Waals surface area contributed by atoms with Crippen LogP contribution in [0.2, 0.25) is 5.02 Å². The first kappa shape index (κ1) is 20.1. The summed E-state index contributed by atoms with van der Waals surface area (Å²) in [7, 11) is -3.76. The van der Waals surface area contributed by atoms with Crippen LogP contribution in [0, 0.1) is 0 Å². The maximum atomic E-state index is 12.6. The summed E-state index contributed by atoms with van der Waals surface area (Å²) >= 11 is 11.2. The van der Waals surface area contributed by atoms with Crippen molar-refractivity contribution in [2.24, 2.45) is 0 Å². The highest BCUT2D eigenvalue weighted by Gasteiger charge is 2.15. The number of benzene rings is 3. The van der Waals surface area contributed by atoms with Crippen molar-refractivity contribution in [2.75, 3.05) is 10.0 Å². The second-order valence-corrected chi connectivity index (χ2v) is 8.46. The van der Waals surface area contributed by atoms with E-state index in [2.05, 4.69) is 15.4 Å². The first-order valence-electron chi connectivity index (χ1n) is 8.40. The molecule has 0 aliphatic heterocycles. The smallest absolute Gasteiger partial charge is 0.261 e. The Kier molecular flexibility index (Phi) is 6.51. The van der Waals surface area contributed by atoms with Crippen LogP contribution in [-0.2, 0) is 16.6 Å². The Hall–Kier alpha value is -2.61. The molecule has 0 unspecified atom stereocenters. The molecule has 0 heterocycles. The highest BCUT2D eigenvalue weighted by molar-refractivity contribution is 7.92. The molecule has 5 nitrogen and oxygen atoms in total. The lowest BCUT2D eigenvalue weighted by molar-refractivity contribution is 0.601. The van der Waals surface area contributed by atoms with E-state index >= 15 is 0 Å². The SMILES string of the molecule is O=S(=O)(Nc1cccc(Cl)c1)c1cccc(NC(=S)NCc2ccccc2)c1. The minimum Gasteiger partial charge on any atom is -0.358 e. The fourth-order valence-electron chi connectivity index (χ4n) is 2.46.